The maximum absolute atomic E-state index is 15.6. The van der Waals surface area contributed by atoms with E-state index in [0.29, 0.717) is 18.0 Å². The molecule has 2 atom stereocenters. The van der Waals surface area contributed by atoms with Crippen molar-refractivity contribution in [1.82, 2.24) is 14.3 Å². The van der Waals surface area contributed by atoms with Crippen molar-refractivity contribution in [2.75, 3.05) is 31.1 Å². The molecule has 2 fully saturated rings. The maximum atomic E-state index is 15.6. The molecular formula is C21H21FN4O3S. The summed E-state index contributed by atoms with van der Waals surface area (Å²) < 4.78 is 48.9. The summed E-state index contributed by atoms with van der Waals surface area (Å²) in [4.78, 5) is 10.8. The average Bonchev–Trinajstić information content (AvgIpc) is 3.21. The fourth-order valence-electron chi connectivity index (χ4n) is 4.26. The van der Waals surface area contributed by atoms with E-state index < -0.39 is 21.9 Å². The van der Waals surface area contributed by atoms with Gasteiger partial charge in [-0.1, -0.05) is 18.2 Å². The molecular weight excluding hydrogens is 407 g/mol. The highest BCUT2D eigenvalue weighted by atomic mass is 32.2. The SMILES string of the molecule is O=S(=O)(c1ccccc1)N1CCOC12CCN(c1ccc3cccnc3n1)CC2F. The Balaban J connectivity index is 1.42. The fourth-order valence-corrected chi connectivity index (χ4v) is 6.00. The first-order valence-corrected chi connectivity index (χ1v) is 11.3. The van der Waals surface area contributed by atoms with E-state index in [0.717, 1.165) is 5.39 Å². The van der Waals surface area contributed by atoms with Crippen LogP contribution in [0.5, 0.6) is 0 Å². The molecule has 156 valence electrons. The third kappa shape index (κ3) is 3.05. The van der Waals surface area contributed by atoms with Crippen LogP contribution in [0.2, 0.25) is 0 Å². The summed E-state index contributed by atoms with van der Waals surface area (Å²) in [5.41, 5.74) is -0.892. The predicted octanol–water partition coefficient (Wildman–Crippen LogP) is 2.60. The van der Waals surface area contributed by atoms with E-state index >= 15 is 4.39 Å². The van der Waals surface area contributed by atoms with Gasteiger partial charge in [0.1, 0.15) is 5.82 Å². The normalized spacial score (nSPS) is 25.2. The molecule has 0 aliphatic carbocycles. The molecule has 5 rings (SSSR count). The van der Waals surface area contributed by atoms with Crippen LogP contribution in [0.3, 0.4) is 0 Å². The zero-order valence-corrected chi connectivity index (χ0v) is 17.0. The summed E-state index contributed by atoms with van der Waals surface area (Å²) in [5, 5.41) is 0.908. The number of anilines is 1. The van der Waals surface area contributed by atoms with Gasteiger partial charge in [-0.05, 0) is 36.4 Å². The van der Waals surface area contributed by atoms with Gasteiger partial charge < -0.3 is 9.64 Å². The van der Waals surface area contributed by atoms with E-state index in [1.807, 2.05) is 29.2 Å². The van der Waals surface area contributed by atoms with Gasteiger partial charge in [-0.3, -0.25) is 0 Å². The molecule has 1 aromatic carbocycles. The number of hydrogen-bond donors (Lipinski definition) is 0. The average molecular weight is 428 g/mol. The van der Waals surface area contributed by atoms with Crippen molar-refractivity contribution in [2.24, 2.45) is 0 Å². The minimum Gasteiger partial charge on any atom is -0.355 e. The minimum absolute atomic E-state index is 0.00779. The number of ether oxygens (including phenoxy) is 1. The van der Waals surface area contributed by atoms with Crippen molar-refractivity contribution in [3.05, 3.63) is 60.8 Å². The number of hydrogen-bond acceptors (Lipinski definition) is 6. The first-order chi connectivity index (χ1) is 14.5. The Labute approximate surface area is 174 Å². The number of halogens is 1. The van der Waals surface area contributed by atoms with Crippen molar-refractivity contribution >= 4 is 26.9 Å². The Morgan fingerprint density at radius 3 is 2.70 bits per heavy atom. The van der Waals surface area contributed by atoms with Crippen LogP contribution < -0.4 is 4.90 Å². The van der Waals surface area contributed by atoms with Crippen molar-refractivity contribution in [1.29, 1.82) is 0 Å². The number of nitrogens with zero attached hydrogens (tertiary/aromatic N) is 4. The van der Waals surface area contributed by atoms with E-state index in [1.165, 1.54) is 16.4 Å². The molecule has 7 nitrogen and oxygen atoms in total. The molecule has 9 heteroatoms. The predicted molar refractivity (Wildman–Crippen MR) is 110 cm³/mol. The van der Waals surface area contributed by atoms with Gasteiger partial charge in [0, 0.05) is 31.1 Å². The number of aromatic nitrogens is 2. The molecule has 0 N–H and O–H groups in total. The molecule has 1 spiro atoms. The lowest BCUT2D eigenvalue weighted by Crippen LogP contribution is -2.62. The first kappa shape index (κ1) is 19.3. The second-order valence-corrected chi connectivity index (χ2v) is 9.33. The van der Waals surface area contributed by atoms with Crippen LogP contribution in [0.1, 0.15) is 6.42 Å². The van der Waals surface area contributed by atoms with Crippen molar-refractivity contribution in [2.45, 2.75) is 23.2 Å². The molecule has 0 bridgehead atoms. The number of rotatable bonds is 3. The number of benzene rings is 1. The summed E-state index contributed by atoms with van der Waals surface area (Å²) in [7, 11) is -3.87. The Bertz CT molecular complexity index is 1180. The third-order valence-electron chi connectivity index (χ3n) is 5.78. The topological polar surface area (TPSA) is 75.6 Å². The zero-order valence-electron chi connectivity index (χ0n) is 16.2. The Morgan fingerprint density at radius 1 is 1.07 bits per heavy atom. The molecule has 2 aliphatic heterocycles. The number of fused-ring (bicyclic) bond motifs is 1. The first-order valence-electron chi connectivity index (χ1n) is 9.83. The van der Waals surface area contributed by atoms with Crippen LogP contribution in [0.25, 0.3) is 11.0 Å². The molecule has 3 aromatic rings. The zero-order chi connectivity index (χ0) is 20.8. The van der Waals surface area contributed by atoms with E-state index in [-0.39, 0.29) is 31.0 Å². The van der Waals surface area contributed by atoms with Crippen LogP contribution in [0, 0.1) is 0 Å². The molecule has 2 aromatic heterocycles. The largest absolute Gasteiger partial charge is 0.355 e. The fraction of sp³-hybridized carbons (Fsp3) is 0.333. The molecule has 2 aliphatic rings. The van der Waals surface area contributed by atoms with Gasteiger partial charge >= 0.3 is 0 Å². The highest BCUT2D eigenvalue weighted by molar-refractivity contribution is 7.89. The van der Waals surface area contributed by atoms with Crippen molar-refractivity contribution in [3.8, 4) is 0 Å². The summed E-state index contributed by atoms with van der Waals surface area (Å²) in [6, 6.07) is 15.6. The van der Waals surface area contributed by atoms with Crippen LogP contribution in [0.4, 0.5) is 10.2 Å². The van der Waals surface area contributed by atoms with Crippen molar-refractivity contribution in [3.63, 3.8) is 0 Å². The van der Waals surface area contributed by atoms with E-state index in [1.54, 1.807) is 24.4 Å². The maximum Gasteiger partial charge on any atom is 0.245 e. The van der Waals surface area contributed by atoms with Gasteiger partial charge in [0.2, 0.25) is 10.0 Å². The summed E-state index contributed by atoms with van der Waals surface area (Å²) in [5.74, 6) is 0.620. The Hall–Kier alpha value is -2.62. The van der Waals surface area contributed by atoms with Gasteiger partial charge in [0.15, 0.2) is 17.5 Å². The second-order valence-electron chi connectivity index (χ2n) is 7.47. The quantitative estimate of drug-likeness (QED) is 0.638. The highest BCUT2D eigenvalue weighted by Crippen LogP contribution is 2.40. The van der Waals surface area contributed by atoms with Crippen LogP contribution in [-0.4, -0.2) is 60.8 Å². The summed E-state index contributed by atoms with van der Waals surface area (Å²) in [6.07, 6.45) is 0.358. The van der Waals surface area contributed by atoms with Crippen LogP contribution >= 0.6 is 0 Å². The number of piperidine rings is 1. The molecule has 4 heterocycles. The Kier molecular flexibility index (Phi) is 4.68. The monoisotopic (exact) mass is 428 g/mol. The minimum atomic E-state index is -3.87. The molecule has 30 heavy (non-hydrogen) atoms. The van der Waals surface area contributed by atoms with Gasteiger partial charge in [0.25, 0.3) is 0 Å². The number of sulfonamides is 1. The lowest BCUT2D eigenvalue weighted by atomic mass is 9.98. The van der Waals surface area contributed by atoms with Gasteiger partial charge in [-0.2, -0.15) is 4.31 Å². The second kappa shape index (κ2) is 7.26. The third-order valence-corrected chi connectivity index (χ3v) is 7.72. The van der Waals surface area contributed by atoms with E-state index in [2.05, 4.69) is 9.97 Å². The van der Waals surface area contributed by atoms with Gasteiger partial charge in [-0.25, -0.2) is 22.8 Å². The van der Waals surface area contributed by atoms with E-state index in [9.17, 15) is 8.42 Å². The number of alkyl halides is 1. The summed E-state index contributed by atoms with van der Waals surface area (Å²) >= 11 is 0. The van der Waals surface area contributed by atoms with E-state index in [4.69, 9.17) is 4.74 Å². The van der Waals surface area contributed by atoms with Crippen LogP contribution in [-0.2, 0) is 14.8 Å². The summed E-state index contributed by atoms with van der Waals surface area (Å²) in [6.45, 7) is 0.721. The lowest BCUT2D eigenvalue weighted by molar-refractivity contribution is -0.116. The standard InChI is InChI=1S/C21H21FN4O3S/c22-18-15-25(19-9-8-16-5-4-11-23-20(16)24-19)12-10-21(18)26(13-14-29-21)30(27,28)17-6-2-1-3-7-17/h1-9,11,18H,10,12-15H2. The van der Waals surface area contributed by atoms with Crippen molar-refractivity contribution < 1.29 is 17.5 Å². The van der Waals surface area contributed by atoms with Gasteiger partial charge in [0.05, 0.1) is 18.0 Å². The molecule has 0 radical (unpaired) electrons. The highest BCUT2D eigenvalue weighted by Gasteiger charge is 2.56. The number of pyridine rings is 2. The smallest absolute Gasteiger partial charge is 0.245 e. The van der Waals surface area contributed by atoms with Gasteiger partial charge in [-0.15, -0.1) is 0 Å². The molecule has 0 amide bonds. The molecule has 2 saturated heterocycles. The Morgan fingerprint density at radius 2 is 1.90 bits per heavy atom. The molecule has 0 saturated carbocycles. The van der Waals surface area contributed by atoms with Crippen LogP contribution in [0.15, 0.2) is 65.7 Å². The molecule has 2 unspecified atom stereocenters. The lowest BCUT2D eigenvalue weighted by Gasteiger charge is -2.45.